The number of nitrogens with one attached hydrogen (secondary N) is 2. The molecule has 1 aromatic carbocycles. The molecule has 0 saturated carbocycles. The number of β-amino-alcohol motifs (C(OH)–C–C–N with tert-alkyl or cyclic N) is 1. The van der Waals surface area contributed by atoms with Gasteiger partial charge in [0.25, 0.3) is 0 Å². The molecule has 0 radical (unpaired) electrons. The highest BCUT2D eigenvalue weighted by Crippen LogP contribution is 2.18. The lowest BCUT2D eigenvalue weighted by Gasteiger charge is -2.30. The van der Waals surface area contributed by atoms with E-state index in [2.05, 4.69) is 56.8 Å². The number of aliphatic imine (C=N–C) groups is 1. The Morgan fingerprint density at radius 2 is 1.97 bits per heavy atom. The zero-order valence-electron chi connectivity index (χ0n) is 18.5. The third-order valence-electron chi connectivity index (χ3n) is 5.58. The lowest BCUT2D eigenvalue weighted by molar-refractivity contribution is 0.108. The van der Waals surface area contributed by atoms with Crippen LogP contribution in [0.15, 0.2) is 29.3 Å². The quantitative estimate of drug-likeness (QED) is 0.293. The van der Waals surface area contributed by atoms with Gasteiger partial charge in [0, 0.05) is 51.0 Å². The Morgan fingerprint density at radius 3 is 2.63 bits per heavy atom. The summed E-state index contributed by atoms with van der Waals surface area (Å²) in [6, 6.07) is 8.58. The summed E-state index contributed by atoms with van der Waals surface area (Å²) in [7, 11) is 1.95. The van der Waals surface area contributed by atoms with E-state index in [0.29, 0.717) is 19.6 Å². The Morgan fingerprint density at radius 1 is 1.23 bits per heavy atom. The van der Waals surface area contributed by atoms with Crippen LogP contribution in [0, 0.1) is 13.8 Å². The number of aliphatic hydroxyl groups is 1. The molecule has 2 heterocycles. The lowest BCUT2D eigenvalue weighted by atomic mass is 10.00. The van der Waals surface area contributed by atoms with Crippen molar-refractivity contribution in [3.05, 3.63) is 52.3 Å². The van der Waals surface area contributed by atoms with E-state index in [9.17, 15) is 5.11 Å². The molecule has 1 aromatic heterocycles. The van der Waals surface area contributed by atoms with Crippen LogP contribution in [0.3, 0.4) is 0 Å². The van der Waals surface area contributed by atoms with Crippen LogP contribution in [0.1, 0.15) is 35.0 Å². The van der Waals surface area contributed by atoms with E-state index in [1.807, 2.05) is 25.6 Å². The standard InChI is InChI=1S/C22H34N6O.HI/c1-5-23-22(25-13-21-16(2)26-27(4)17(21)3)24-12-20(29)15-28-11-10-18-8-6-7-9-19(18)14-28;/h6-9,20,29H,5,10-15H2,1-4H3,(H2,23,24,25);1H. The van der Waals surface area contributed by atoms with E-state index in [0.717, 1.165) is 49.0 Å². The number of benzene rings is 1. The van der Waals surface area contributed by atoms with Crippen molar-refractivity contribution >= 4 is 29.9 Å². The molecule has 1 unspecified atom stereocenters. The van der Waals surface area contributed by atoms with Gasteiger partial charge in [0.05, 0.1) is 18.3 Å². The largest absolute Gasteiger partial charge is 0.390 e. The minimum Gasteiger partial charge on any atom is -0.390 e. The number of rotatable bonds is 7. The number of guanidine groups is 1. The van der Waals surface area contributed by atoms with Gasteiger partial charge in [0.1, 0.15) is 0 Å². The number of hydrogen-bond acceptors (Lipinski definition) is 4. The Kier molecular flexibility index (Phi) is 9.57. The van der Waals surface area contributed by atoms with Gasteiger partial charge in [-0.1, -0.05) is 24.3 Å². The van der Waals surface area contributed by atoms with Crippen molar-refractivity contribution in [1.29, 1.82) is 0 Å². The fourth-order valence-electron chi connectivity index (χ4n) is 3.83. The summed E-state index contributed by atoms with van der Waals surface area (Å²) in [6.07, 6.45) is 0.593. The third kappa shape index (κ3) is 6.42. The van der Waals surface area contributed by atoms with Gasteiger partial charge in [-0.25, -0.2) is 4.99 Å². The van der Waals surface area contributed by atoms with E-state index in [4.69, 9.17) is 0 Å². The first kappa shape index (κ1) is 24.6. The molecule has 2 aromatic rings. The molecule has 7 nitrogen and oxygen atoms in total. The van der Waals surface area contributed by atoms with E-state index in [-0.39, 0.29) is 24.0 Å². The first-order valence-electron chi connectivity index (χ1n) is 10.5. The van der Waals surface area contributed by atoms with E-state index >= 15 is 0 Å². The summed E-state index contributed by atoms with van der Waals surface area (Å²) in [6.45, 7) is 10.5. The monoisotopic (exact) mass is 526 g/mol. The average Bonchev–Trinajstić information content (AvgIpc) is 2.95. The molecule has 3 N–H and O–H groups in total. The van der Waals surface area contributed by atoms with E-state index in [1.54, 1.807) is 0 Å². The smallest absolute Gasteiger partial charge is 0.191 e. The van der Waals surface area contributed by atoms with Gasteiger partial charge in [-0.05, 0) is 38.3 Å². The molecule has 1 atom stereocenters. The van der Waals surface area contributed by atoms with Crippen LogP contribution in [-0.2, 0) is 26.6 Å². The normalized spacial score (nSPS) is 15.3. The van der Waals surface area contributed by atoms with Gasteiger partial charge in [-0.2, -0.15) is 5.10 Å². The van der Waals surface area contributed by atoms with Crippen molar-refractivity contribution in [2.24, 2.45) is 12.0 Å². The highest BCUT2D eigenvalue weighted by molar-refractivity contribution is 14.0. The molecule has 0 fully saturated rings. The fraction of sp³-hybridized carbons (Fsp3) is 0.545. The third-order valence-corrected chi connectivity index (χ3v) is 5.58. The van der Waals surface area contributed by atoms with Crippen molar-refractivity contribution in [2.75, 3.05) is 26.2 Å². The molecule has 3 rings (SSSR count). The fourth-order valence-corrected chi connectivity index (χ4v) is 3.83. The average molecular weight is 526 g/mol. The Bertz CT molecular complexity index is 850. The predicted molar refractivity (Wildman–Crippen MR) is 132 cm³/mol. The van der Waals surface area contributed by atoms with E-state index in [1.165, 1.54) is 11.1 Å². The zero-order valence-corrected chi connectivity index (χ0v) is 20.8. The Labute approximate surface area is 197 Å². The van der Waals surface area contributed by atoms with Gasteiger partial charge in [0.15, 0.2) is 5.96 Å². The second-order valence-electron chi connectivity index (χ2n) is 7.76. The second-order valence-corrected chi connectivity index (χ2v) is 7.76. The predicted octanol–water partition coefficient (Wildman–Crippen LogP) is 2.13. The molecule has 1 aliphatic rings. The zero-order chi connectivity index (χ0) is 20.8. The Hall–Kier alpha value is -1.65. The highest BCUT2D eigenvalue weighted by Gasteiger charge is 2.18. The van der Waals surface area contributed by atoms with Gasteiger partial charge < -0.3 is 15.7 Å². The maximum absolute atomic E-state index is 10.5. The number of hydrogen-bond donors (Lipinski definition) is 3. The van der Waals surface area contributed by atoms with Gasteiger partial charge in [-0.15, -0.1) is 24.0 Å². The van der Waals surface area contributed by atoms with Crippen molar-refractivity contribution in [3.8, 4) is 0 Å². The molecule has 0 saturated heterocycles. The maximum atomic E-state index is 10.5. The summed E-state index contributed by atoms with van der Waals surface area (Å²) < 4.78 is 1.89. The second kappa shape index (κ2) is 11.7. The lowest BCUT2D eigenvalue weighted by Crippen LogP contribution is -2.45. The maximum Gasteiger partial charge on any atom is 0.191 e. The number of aryl methyl sites for hydroxylation is 2. The number of fused-ring (bicyclic) bond motifs is 1. The molecule has 0 spiro atoms. The molecule has 0 amide bonds. The highest BCUT2D eigenvalue weighted by atomic mass is 127. The van der Waals surface area contributed by atoms with Gasteiger partial charge in [0.2, 0.25) is 0 Å². The van der Waals surface area contributed by atoms with Crippen molar-refractivity contribution in [1.82, 2.24) is 25.3 Å². The van der Waals surface area contributed by atoms with Gasteiger partial charge in [-0.3, -0.25) is 9.58 Å². The van der Waals surface area contributed by atoms with Crippen LogP contribution < -0.4 is 10.6 Å². The number of aromatic nitrogens is 2. The van der Waals surface area contributed by atoms with Crippen LogP contribution in [0.4, 0.5) is 0 Å². The van der Waals surface area contributed by atoms with Crippen molar-refractivity contribution in [2.45, 2.75) is 46.4 Å². The number of aliphatic hydroxyl groups excluding tert-OH is 1. The molecular weight excluding hydrogens is 491 g/mol. The van der Waals surface area contributed by atoms with Crippen LogP contribution in [-0.4, -0.2) is 58.0 Å². The topological polar surface area (TPSA) is 77.7 Å². The molecule has 30 heavy (non-hydrogen) atoms. The van der Waals surface area contributed by atoms with E-state index < -0.39 is 6.10 Å². The minimum atomic E-state index is -0.453. The summed E-state index contributed by atoms with van der Waals surface area (Å²) in [5.74, 6) is 0.721. The number of nitrogens with zero attached hydrogens (tertiary/aromatic N) is 4. The van der Waals surface area contributed by atoms with Crippen LogP contribution >= 0.6 is 24.0 Å². The minimum absolute atomic E-state index is 0. The first-order chi connectivity index (χ1) is 14.0. The molecule has 1 aliphatic heterocycles. The van der Waals surface area contributed by atoms with Gasteiger partial charge >= 0.3 is 0 Å². The Balaban J connectivity index is 0.00000320. The summed E-state index contributed by atoms with van der Waals surface area (Å²) >= 11 is 0. The van der Waals surface area contributed by atoms with Crippen molar-refractivity contribution < 1.29 is 5.11 Å². The van der Waals surface area contributed by atoms with Crippen LogP contribution in [0.5, 0.6) is 0 Å². The molecule has 0 aliphatic carbocycles. The SMILES string of the molecule is CCNC(=NCc1c(C)nn(C)c1C)NCC(O)CN1CCc2ccccc2C1.I. The van der Waals surface area contributed by atoms with Crippen LogP contribution in [0.2, 0.25) is 0 Å². The summed E-state index contributed by atoms with van der Waals surface area (Å²) in [5.41, 5.74) is 6.09. The number of halogens is 1. The molecule has 0 bridgehead atoms. The molecule has 166 valence electrons. The van der Waals surface area contributed by atoms with Crippen LogP contribution in [0.25, 0.3) is 0 Å². The molecular formula is C22H35IN6O. The molecule has 8 heteroatoms. The summed E-state index contributed by atoms with van der Waals surface area (Å²) in [5, 5.41) is 21.5. The first-order valence-corrected chi connectivity index (χ1v) is 10.5. The summed E-state index contributed by atoms with van der Waals surface area (Å²) in [4.78, 5) is 7.00. The van der Waals surface area contributed by atoms with Crippen molar-refractivity contribution in [3.63, 3.8) is 0 Å².